The molecule has 2 atom stereocenters. The van der Waals surface area contributed by atoms with Gasteiger partial charge in [-0.05, 0) is 25.5 Å². The predicted octanol–water partition coefficient (Wildman–Crippen LogP) is 3.85. The molecule has 2 unspecified atom stereocenters. The van der Waals surface area contributed by atoms with E-state index in [2.05, 4.69) is 12.1 Å². The van der Waals surface area contributed by atoms with Crippen LogP contribution in [0.2, 0.25) is 0 Å². The van der Waals surface area contributed by atoms with Gasteiger partial charge < -0.3 is 15.2 Å². The van der Waals surface area contributed by atoms with E-state index < -0.39 is 0 Å². The maximum atomic E-state index is 6.08. The van der Waals surface area contributed by atoms with Gasteiger partial charge in [0.25, 0.3) is 0 Å². The van der Waals surface area contributed by atoms with E-state index >= 15 is 0 Å². The average Bonchev–Trinajstić information content (AvgIpc) is 2.47. The molecular weight excluding hydrogens is 250 g/mol. The van der Waals surface area contributed by atoms with E-state index in [1.54, 1.807) is 7.11 Å². The van der Waals surface area contributed by atoms with Crippen LogP contribution in [-0.2, 0) is 0 Å². The minimum absolute atomic E-state index is 0.0409. The molecule has 0 saturated heterocycles. The lowest BCUT2D eigenvalue weighted by Crippen LogP contribution is -2.10. The summed E-state index contributed by atoms with van der Waals surface area (Å²) in [5.74, 6) is 1.54. The molecular formula is C17H21NO2. The van der Waals surface area contributed by atoms with Crippen LogP contribution < -0.4 is 15.2 Å². The first-order valence-electron chi connectivity index (χ1n) is 6.77. The van der Waals surface area contributed by atoms with Crippen LogP contribution in [0.4, 0.5) is 0 Å². The largest absolute Gasteiger partial charge is 0.497 e. The molecule has 2 aromatic rings. The normalized spacial score (nSPS) is 13.6. The first-order chi connectivity index (χ1) is 9.61. The van der Waals surface area contributed by atoms with Gasteiger partial charge >= 0.3 is 0 Å². The summed E-state index contributed by atoms with van der Waals surface area (Å²) in [5, 5.41) is 0. The second-order valence-corrected chi connectivity index (χ2v) is 4.86. The maximum Gasteiger partial charge on any atom is 0.128 e. The molecule has 0 saturated carbocycles. The van der Waals surface area contributed by atoms with E-state index in [4.69, 9.17) is 15.2 Å². The fourth-order valence-electron chi connectivity index (χ4n) is 2.10. The van der Waals surface area contributed by atoms with Crippen LogP contribution in [0.25, 0.3) is 0 Å². The van der Waals surface area contributed by atoms with E-state index in [-0.39, 0.29) is 12.1 Å². The molecule has 0 fully saturated rings. The van der Waals surface area contributed by atoms with Crippen molar-refractivity contribution in [2.24, 2.45) is 5.73 Å². The second-order valence-electron chi connectivity index (χ2n) is 4.86. The summed E-state index contributed by atoms with van der Waals surface area (Å²) < 4.78 is 11.3. The van der Waals surface area contributed by atoms with Crippen LogP contribution in [0.15, 0.2) is 48.5 Å². The van der Waals surface area contributed by atoms with E-state index in [0.29, 0.717) is 0 Å². The fraction of sp³-hybridized carbons (Fsp3) is 0.294. The molecule has 106 valence electrons. The molecule has 0 bridgehead atoms. The monoisotopic (exact) mass is 271 g/mol. The van der Waals surface area contributed by atoms with Gasteiger partial charge in [0, 0.05) is 17.7 Å². The Morgan fingerprint density at radius 2 is 1.70 bits per heavy atom. The second kappa shape index (κ2) is 6.44. The molecule has 20 heavy (non-hydrogen) atoms. The molecule has 0 aliphatic carbocycles. The Morgan fingerprint density at radius 3 is 2.30 bits per heavy atom. The fourth-order valence-corrected chi connectivity index (χ4v) is 2.10. The van der Waals surface area contributed by atoms with E-state index in [1.165, 1.54) is 0 Å². The summed E-state index contributed by atoms with van der Waals surface area (Å²) in [6.07, 6.45) is -0.0409. The van der Waals surface area contributed by atoms with Crippen LogP contribution in [0, 0.1) is 0 Å². The van der Waals surface area contributed by atoms with Crippen molar-refractivity contribution in [3.63, 3.8) is 0 Å². The average molecular weight is 271 g/mol. The molecule has 3 heteroatoms. The SMILES string of the molecule is COc1ccc(C(C)N)c(OC(C)c2ccccc2)c1. The molecule has 2 rings (SSSR count). The summed E-state index contributed by atoms with van der Waals surface area (Å²) >= 11 is 0. The predicted molar refractivity (Wildman–Crippen MR) is 81.1 cm³/mol. The Labute approximate surface area is 120 Å². The van der Waals surface area contributed by atoms with E-state index in [0.717, 1.165) is 22.6 Å². The Morgan fingerprint density at radius 1 is 1.00 bits per heavy atom. The zero-order chi connectivity index (χ0) is 14.5. The summed E-state index contributed by atoms with van der Waals surface area (Å²) in [4.78, 5) is 0. The molecule has 0 spiro atoms. The van der Waals surface area contributed by atoms with Gasteiger partial charge in [-0.3, -0.25) is 0 Å². The minimum Gasteiger partial charge on any atom is -0.497 e. The van der Waals surface area contributed by atoms with Crippen LogP contribution in [-0.4, -0.2) is 7.11 Å². The lowest BCUT2D eigenvalue weighted by molar-refractivity contribution is 0.222. The van der Waals surface area contributed by atoms with Crippen molar-refractivity contribution in [2.45, 2.75) is 26.0 Å². The topological polar surface area (TPSA) is 44.5 Å². The summed E-state index contributed by atoms with van der Waals surface area (Å²) in [6, 6.07) is 15.8. The highest BCUT2D eigenvalue weighted by Crippen LogP contribution is 2.32. The molecule has 3 nitrogen and oxygen atoms in total. The molecule has 0 heterocycles. The van der Waals surface area contributed by atoms with Crippen molar-refractivity contribution in [3.05, 3.63) is 59.7 Å². The Kier molecular flexibility index (Phi) is 4.64. The Bertz CT molecular complexity index is 552. The lowest BCUT2D eigenvalue weighted by Gasteiger charge is -2.20. The van der Waals surface area contributed by atoms with Gasteiger partial charge in [0.2, 0.25) is 0 Å². The summed E-state index contributed by atoms with van der Waals surface area (Å²) in [7, 11) is 1.64. The lowest BCUT2D eigenvalue weighted by atomic mass is 10.1. The van der Waals surface area contributed by atoms with Gasteiger partial charge in [0.15, 0.2) is 0 Å². The summed E-state index contributed by atoms with van der Waals surface area (Å²) in [5.41, 5.74) is 8.11. The first-order valence-corrected chi connectivity index (χ1v) is 6.77. The third-order valence-corrected chi connectivity index (χ3v) is 3.28. The quantitative estimate of drug-likeness (QED) is 0.898. The van der Waals surface area contributed by atoms with Gasteiger partial charge in [-0.15, -0.1) is 0 Å². The summed E-state index contributed by atoms with van der Waals surface area (Å²) in [6.45, 7) is 3.97. The van der Waals surface area contributed by atoms with Gasteiger partial charge in [0.05, 0.1) is 7.11 Å². The first kappa shape index (κ1) is 14.4. The Hall–Kier alpha value is -2.00. The molecule has 2 N–H and O–H groups in total. The zero-order valence-corrected chi connectivity index (χ0v) is 12.2. The van der Waals surface area contributed by atoms with Crippen molar-refractivity contribution in [3.8, 4) is 11.5 Å². The molecule has 0 amide bonds. The number of hydrogen-bond acceptors (Lipinski definition) is 3. The number of benzene rings is 2. The van der Waals surface area contributed by atoms with Crippen molar-refractivity contribution in [2.75, 3.05) is 7.11 Å². The molecule has 0 aliphatic heterocycles. The smallest absolute Gasteiger partial charge is 0.128 e. The highest BCUT2D eigenvalue weighted by Gasteiger charge is 2.13. The molecule has 0 aromatic heterocycles. The van der Waals surface area contributed by atoms with Crippen LogP contribution in [0.3, 0.4) is 0 Å². The van der Waals surface area contributed by atoms with Crippen molar-refractivity contribution >= 4 is 0 Å². The van der Waals surface area contributed by atoms with Gasteiger partial charge in [-0.25, -0.2) is 0 Å². The zero-order valence-electron chi connectivity index (χ0n) is 12.2. The van der Waals surface area contributed by atoms with E-state index in [9.17, 15) is 0 Å². The number of nitrogens with two attached hydrogens (primary N) is 1. The van der Waals surface area contributed by atoms with E-state index in [1.807, 2.05) is 50.2 Å². The number of rotatable bonds is 5. The standard InChI is InChI=1S/C17H21NO2/c1-12(18)16-10-9-15(19-3)11-17(16)20-13(2)14-7-5-4-6-8-14/h4-13H,18H2,1-3H3. The number of ether oxygens (including phenoxy) is 2. The minimum atomic E-state index is -0.0844. The molecule has 2 aromatic carbocycles. The van der Waals surface area contributed by atoms with Gasteiger partial charge in [0.1, 0.15) is 17.6 Å². The van der Waals surface area contributed by atoms with Crippen LogP contribution in [0.5, 0.6) is 11.5 Å². The maximum absolute atomic E-state index is 6.08. The number of hydrogen-bond donors (Lipinski definition) is 1. The van der Waals surface area contributed by atoms with Gasteiger partial charge in [-0.1, -0.05) is 36.4 Å². The highest BCUT2D eigenvalue weighted by atomic mass is 16.5. The van der Waals surface area contributed by atoms with Crippen molar-refractivity contribution < 1.29 is 9.47 Å². The molecule has 0 aliphatic rings. The highest BCUT2D eigenvalue weighted by molar-refractivity contribution is 5.42. The Balaban J connectivity index is 2.27. The van der Waals surface area contributed by atoms with Gasteiger partial charge in [-0.2, -0.15) is 0 Å². The third-order valence-electron chi connectivity index (χ3n) is 3.28. The molecule has 0 radical (unpaired) electrons. The van der Waals surface area contributed by atoms with Crippen LogP contribution in [0.1, 0.15) is 37.1 Å². The van der Waals surface area contributed by atoms with Crippen molar-refractivity contribution in [1.29, 1.82) is 0 Å². The van der Waals surface area contributed by atoms with Crippen molar-refractivity contribution in [1.82, 2.24) is 0 Å². The van der Waals surface area contributed by atoms with Crippen LogP contribution >= 0.6 is 0 Å². The number of methoxy groups -OCH3 is 1. The third kappa shape index (κ3) is 3.31.